The summed E-state index contributed by atoms with van der Waals surface area (Å²) in [7, 11) is 0. The van der Waals surface area contributed by atoms with Crippen molar-refractivity contribution < 1.29 is 24.9 Å². The first-order valence-electron chi connectivity index (χ1n) is 10.0. The molecule has 2 aromatic carbocycles. The summed E-state index contributed by atoms with van der Waals surface area (Å²) in [5.74, 6) is -2.48. The number of hydrogen-bond acceptors (Lipinski definition) is 5. The fourth-order valence-electron chi connectivity index (χ4n) is 3.24. The highest BCUT2D eigenvalue weighted by atomic mass is 32.1. The third-order valence-corrected chi connectivity index (χ3v) is 5.72. The minimum atomic E-state index is -1.26. The Morgan fingerprint density at radius 3 is 1.81 bits per heavy atom. The van der Waals surface area contributed by atoms with Crippen LogP contribution in [0.4, 0.5) is 0 Å². The van der Waals surface area contributed by atoms with Crippen LogP contribution < -0.4 is 5.32 Å². The number of carbonyl (C=O) groups is 2. The zero-order valence-electron chi connectivity index (χ0n) is 17.7. The number of hydrogen-bond donors (Lipinski definition) is 4. The number of carboxylic acid groups (broad SMARTS) is 2. The average molecular weight is 454 g/mol. The van der Waals surface area contributed by atoms with Gasteiger partial charge in [-0.2, -0.15) is 0 Å². The second-order valence-corrected chi connectivity index (χ2v) is 8.15. The molecule has 0 saturated heterocycles. The van der Waals surface area contributed by atoms with Crippen LogP contribution in [0.25, 0.3) is 0 Å². The lowest BCUT2D eigenvalue weighted by atomic mass is 9.77. The summed E-state index contributed by atoms with van der Waals surface area (Å²) in [5, 5.41) is 32.8. The summed E-state index contributed by atoms with van der Waals surface area (Å²) in [6, 6.07) is 24.1. The zero-order valence-corrected chi connectivity index (χ0v) is 18.5. The molecule has 0 aliphatic rings. The van der Waals surface area contributed by atoms with Crippen molar-refractivity contribution in [1.82, 2.24) is 5.32 Å². The average Bonchev–Trinajstić information content (AvgIpc) is 3.32. The van der Waals surface area contributed by atoms with Crippen molar-refractivity contribution in [2.45, 2.75) is 19.1 Å². The minimum Gasteiger partial charge on any atom is -0.478 e. The van der Waals surface area contributed by atoms with Crippen LogP contribution in [0.15, 0.2) is 90.3 Å². The van der Waals surface area contributed by atoms with E-state index in [0.29, 0.717) is 12.2 Å². The van der Waals surface area contributed by atoms with Crippen LogP contribution in [0.1, 0.15) is 22.9 Å². The maximum Gasteiger partial charge on any atom is 0.328 e. The van der Waals surface area contributed by atoms with Gasteiger partial charge < -0.3 is 20.6 Å². The highest BCUT2D eigenvalue weighted by Crippen LogP contribution is 2.36. The van der Waals surface area contributed by atoms with Crippen molar-refractivity contribution >= 4 is 23.3 Å². The van der Waals surface area contributed by atoms with Gasteiger partial charge in [-0.3, -0.25) is 0 Å². The van der Waals surface area contributed by atoms with Crippen molar-refractivity contribution in [3.63, 3.8) is 0 Å². The molecule has 0 aliphatic carbocycles. The smallest absolute Gasteiger partial charge is 0.328 e. The maximum absolute atomic E-state index is 11.6. The Morgan fingerprint density at radius 2 is 1.41 bits per heavy atom. The normalized spacial score (nSPS) is 12.1. The van der Waals surface area contributed by atoms with Gasteiger partial charge in [-0.25, -0.2) is 9.59 Å². The van der Waals surface area contributed by atoms with Gasteiger partial charge in [0.05, 0.1) is 0 Å². The standard InChI is InChI=1S/C21H23NOS.C4H4O4/c1-17(15-22-16-20-13-8-14-24-20)21(23,18-9-4-2-5-10-18)19-11-6-3-7-12-19;5-3(6)1-2-4(7)8/h2-14,17,22-23H,15-16H2,1H3;1-2H,(H,5,6)(H,7,8). The van der Waals surface area contributed by atoms with E-state index < -0.39 is 17.5 Å². The first-order chi connectivity index (χ1) is 15.3. The van der Waals surface area contributed by atoms with Gasteiger partial charge in [0.15, 0.2) is 0 Å². The number of benzene rings is 2. The number of carboxylic acids is 2. The molecular formula is C25H27NO5S. The molecule has 0 aliphatic heterocycles. The van der Waals surface area contributed by atoms with E-state index in [0.717, 1.165) is 24.2 Å². The van der Waals surface area contributed by atoms with Crippen molar-refractivity contribution in [1.29, 1.82) is 0 Å². The molecule has 0 bridgehead atoms. The molecule has 1 heterocycles. The predicted octanol–water partition coefficient (Wildman–Crippen LogP) is 4.12. The molecule has 3 rings (SSSR count). The molecule has 3 aromatic rings. The third-order valence-electron chi connectivity index (χ3n) is 4.84. The molecule has 7 heteroatoms. The van der Waals surface area contributed by atoms with E-state index >= 15 is 0 Å². The van der Waals surface area contributed by atoms with Crippen LogP contribution in [0, 0.1) is 5.92 Å². The zero-order chi connectivity index (χ0) is 23.4. The number of aliphatic hydroxyl groups is 1. The summed E-state index contributed by atoms with van der Waals surface area (Å²) in [4.78, 5) is 20.4. The van der Waals surface area contributed by atoms with Gasteiger partial charge in [-0.1, -0.05) is 73.7 Å². The lowest BCUT2D eigenvalue weighted by Crippen LogP contribution is -2.40. The van der Waals surface area contributed by atoms with E-state index in [2.05, 4.69) is 29.8 Å². The van der Waals surface area contributed by atoms with Crippen LogP contribution in [0.3, 0.4) is 0 Å². The molecular weight excluding hydrogens is 426 g/mol. The number of aliphatic carboxylic acids is 2. The molecule has 0 spiro atoms. The molecule has 168 valence electrons. The van der Waals surface area contributed by atoms with E-state index in [4.69, 9.17) is 10.2 Å². The summed E-state index contributed by atoms with van der Waals surface area (Å²) in [5.41, 5.74) is 0.855. The topological polar surface area (TPSA) is 107 Å². The molecule has 4 N–H and O–H groups in total. The Morgan fingerprint density at radius 1 is 0.906 bits per heavy atom. The van der Waals surface area contributed by atoms with Gasteiger partial charge in [0.1, 0.15) is 5.60 Å². The second-order valence-electron chi connectivity index (χ2n) is 7.12. The Balaban J connectivity index is 0.000000390. The molecule has 1 unspecified atom stereocenters. The minimum absolute atomic E-state index is 0.0299. The third kappa shape index (κ3) is 7.46. The molecule has 6 nitrogen and oxygen atoms in total. The maximum atomic E-state index is 11.6. The van der Waals surface area contributed by atoms with Gasteiger partial charge in [0.2, 0.25) is 0 Å². The van der Waals surface area contributed by atoms with Crippen LogP contribution in [0.2, 0.25) is 0 Å². The molecule has 32 heavy (non-hydrogen) atoms. The van der Waals surface area contributed by atoms with E-state index in [9.17, 15) is 14.7 Å². The molecule has 1 atom stereocenters. The highest BCUT2D eigenvalue weighted by Gasteiger charge is 2.37. The Hall–Kier alpha value is -3.26. The summed E-state index contributed by atoms with van der Waals surface area (Å²) in [6.45, 7) is 3.67. The van der Waals surface area contributed by atoms with Gasteiger partial charge in [0.25, 0.3) is 0 Å². The highest BCUT2D eigenvalue weighted by molar-refractivity contribution is 7.09. The van der Waals surface area contributed by atoms with Crippen LogP contribution in [0.5, 0.6) is 0 Å². The Kier molecular flexibility index (Phi) is 9.81. The quantitative estimate of drug-likeness (QED) is 0.363. The van der Waals surface area contributed by atoms with E-state index in [1.807, 2.05) is 60.7 Å². The van der Waals surface area contributed by atoms with Gasteiger partial charge in [-0.15, -0.1) is 11.3 Å². The molecule has 0 radical (unpaired) electrons. The number of rotatable bonds is 9. The molecule has 1 aromatic heterocycles. The molecule has 0 fully saturated rings. The van der Waals surface area contributed by atoms with Crippen LogP contribution in [-0.4, -0.2) is 33.8 Å². The Labute approximate surface area is 191 Å². The lowest BCUT2D eigenvalue weighted by molar-refractivity contribution is -0.134. The predicted molar refractivity (Wildman–Crippen MR) is 125 cm³/mol. The summed E-state index contributed by atoms with van der Waals surface area (Å²) < 4.78 is 0. The van der Waals surface area contributed by atoms with Crippen molar-refractivity contribution in [2.24, 2.45) is 5.92 Å². The monoisotopic (exact) mass is 453 g/mol. The van der Waals surface area contributed by atoms with Crippen molar-refractivity contribution in [2.75, 3.05) is 6.54 Å². The SMILES string of the molecule is CC(CNCc1cccs1)C(O)(c1ccccc1)c1ccccc1.O=C(O)C=CC(=O)O. The van der Waals surface area contributed by atoms with Gasteiger partial charge in [-0.05, 0) is 22.6 Å². The first kappa shape index (κ1) is 25.0. The largest absolute Gasteiger partial charge is 0.478 e. The van der Waals surface area contributed by atoms with Crippen molar-refractivity contribution in [3.05, 3.63) is 106 Å². The Bertz CT molecular complexity index is 932. The van der Waals surface area contributed by atoms with E-state index in [1.54, 1.807) is 11.3 Å². The van der Waals surface area contributed by atoms with Gasteiger partial charge >= 0.3 is 11.9 Å². The number of thiophene rings is 1. The first-order valence-corrected chi connectivity index (χ1v) is 10.9. The fraction of sp³-hybridized carbons (Fsp3) is 0.200. The second kappa shape index (κ2) is 12.6. The summed E-state index contributed by atoms with van der Waals surface area (Å²) in [6.07, 6.45) is 1.12. The van der Waals surface area contributed by atoms with Crippen LogP contribution in [-0.2, 0) is 21.7 Å². The molecule has 0 saturated carbocycles. The van der Waals surface area contributed by atoms with Crippen LogP contribution >= 0.6 is 11.3 Å². The summed E-state index contributed by atoms with van der Waals surface area (Å²) >= 11 is 1.75. The van der Waals surface area contributed by atoms with Gasteiger partial charge in [0, 0.05) is 36.0 Å². The number of nitrogens with one attached hydrogen (secondary N) is 1. The van der Waals surface area contributed by atoms with E-state index in [-0.39, 0.29) is 5.92 Å². The van der Waals surface area contributed by atoms with E-state index in [1.165, 1.54) is 4.88 Å². The fourth-order valence-corrected chi connectivity index (χ4v) is 3.91. The lowest BCUT2D eigenvalue weighted by Gasteiger charge is -2.35. The van der Waals surface area contributed by atoms with Crippen molar-refractivity contribution in [3.8, 4) is 0 Å². The molecule has 0 amide bonds.